The number of halogens is 1. The number of aldehydes is 1. The van der Waals surface area contributed by atoms with E-state index in [-0.39, 0.29) is 6.04 Å². The molecule has 3 nitrogen and oxygen atoms in total. The molecule has 0 aliphatic rings. The zero-order valence-corrected chi connectivity index (χ0v) is 9.19. The third kappa shape index (κ3) is 3.31. The highest BCUT2D eigenvalue weighted by Gasteiger charge is 2.05. The fourth-order valence-corrected chi connectivity index (χ4v) is 1.39. The molecule has 1 aromatic carbocycles. The maximum atomic E-state index is 10.5. The maximum Gasteiger partial charge on any atom is 0.137 e. The Kier molecular flexibility index (Phi) is 4.17. The molecule has 70 valence electrons. The summed E-state index contributed by atoms with van der Waals surface area (Å²) in [5, 5.41) is 0. The van der Waals surface area contributed by atoms with Crippen molar-refractivity contribution in [2.45, 2.75) is 12.5 Å². The number of nitrogens with two attached hydrogens (primary N) is 1. The molecule has 1 unspecified atom stereocenters. The fourth-order valence-electron chi connectivity index (χ4n) is 1.02. The number of hydrogen-bond acceptors (Lipinski definition) is 3. The standard InChI is InChI=1S/C9H11IN2O/c10-12-9(6-13)5-7-1-3-8(11)4-2-7/h1-4,6,9,12H,5,11H2. The summed E-state index contributed by atoms with van der Waals surface area (Å²) in [7, 11) is 0. The second-order valence-corrected chi connectivity index (χ2v) is 3.42. The molecular formula is C9H11IN2O. The van der Waals surface area contributed by atoms with E-state index in [0.29, 0.717) is 6.42 Å². The Morgan fingerprint density at radius 1 is 1.46 bits per heavy atom. The number of nitrogen functional groups attached to an aromatic ring is 1. The lowest BCUT2D eigenvalue weighted by Gasteiger charge is -2.07. The molecular weight excluding hydrogens is 279 g/mol. The van der Waals surface area contributed by atoms with Crippen molar-refractivity contribution < 1.29 is 4.79 Å². The van der Waals surface area contributed by atoms with Crippen LogP contribution < -0.4 is 9.26 Å². The van der Waals surface area contributed by atoms with Gasteiger partial charge in [0.1, 0.15) is 6.29 Å². The molecule has 0 aromatic heterocycles. The van der Waals surface area contributed by atoms with E-state index in [1.807, 2.05) is 47.1 Å². The van der Waals surface area contributed by atoms with Crippen LogP contribution in [0.4, 0.5) is 5.69 Å². The van der Waals surface area contributed by atoms with Crippen molar-refractivity contribution >= 4 is 34.8 Å². The summed E-state index contributed by atoms with van der Waals surface area (Å²) >= 11 is 1.98. The summed E-state index contributed by atoms with van der Waals surface area (Å²) in [6, 6.07) is 7.42. The minimum Gasteiger partial charge on any atom is -0.399 e. The Morgan fingerprint density at radius 3 is 2.54 bits per heavy atom. The number of anilines is 1. The monoisotopic (exact) mass is 290 g/mol. The predicted molar refractivity (Wildman–Crippen MR) is 61.6 cm³/mol. The van der Waals surface area contributed by atoms with E-state index in [2.05, 4.69) is 3.53 Å². The second-order valence-electron chi connectivity index (χ2n) is 2.80. The summed E-state index contributed by atoms with van der Waals surface area (Å²) in [5.41, 5.74) is 7.39. The highest BCUT2D eigenvalue weighted by atomic mass is 127. The number of hydrogen-bond donors (Lipinski definition) is 2. The van der Waals surface area contributed by atoms with E-state index in [4.69, 9.17) is 5.73 Å². The SMILES string of the molecule is Nc1ccc(CC(C=O)NI)cc1. The number of rotatable bonds is 4. The Bertz CT molecular complexity index is 273. The van der Waals surface area contributed by atoms with Gasteiger partial charge in [-0.15, -0.1) is 0 Å². The van der Waals surface area contributed by atoms with Crippen molar-refractivity contribution in [3.8, 4) is 0 Å². The van der Waals surface area contributed by atoms with Crippen molar-refractivity contribution in [1.29, 1.82) is 0 Å². The summed E-state index contributed by atoms with van der Waals surface area (Å²) < 4.78 is 2.89. The number of carbonyl (C=O) groups excluding carboxylic acids is 1. The largest absolute Gasteiger partial charge is 0.399 e. The number of carbonyl (C=O) groups is 1. The fraction of sp³-hybridized carbons (Fsp3) is 0.222. The summed E-state index contributed by atoms with van der Waals surface area (Å²) in [5.74, 6) is 0. The van der Waals surface area contributed by atoms with Crippen LogP contribution in [0.15, 0.2) is 24.3 Å². The van der Waals surface area contributed by atoms with Crippen LogP contribution in [0, 0.1) is 0 Å². The first kappa shape index (κ1) is 10.5. The smallest absolute Gasteiger partial charge is 0.137 e. The van der Waals surface area contributed by atoms with Crippen molar-refractivity contribution in [1.82, 2.24) is 3.53 Å². The quantitative estimate of drug-likeness (QED) is 0.380. The molecule has 0 heterocycles. The van der Waals surface area contributed by atoms with Crippen LogP contribution in [0.1, 0.15) is 5.56 Å². The number of nitrogens with one attached hydrogen (secondary N) is 1. The molecule has 1 rings (SSSR count). The third-order valence-electron chi connectivity index (χ3n) is 1.74. The van der Waals surface area contributed by atoms with Gasteiger partial charge in [0.25, 0.3) is 0 Å². The molecule has 0 aliphatic carbocycles. The van der Waals surface area contributed by atoms with Crippen LogP contribution in [-0.2, 0) is 11.2 Å². The average molecular weight is 290 g/mol. The maximum absolute atomic E-state index is 10.5. The van der Waals surface area contributed by atoms with Crippen LogP contribution in [0.3, 0.4) is 0 Å². The lowest BCUT2D eigenvalue weighted by Crippen LogP contribution is -2.24. The first-order valence-electron chi connectivity index (χ1n) is 3.92. The van der Waals surface area contributed by atoms with Crippen LogP contribution in [0.2, 0.25) is 0 Å². The molecule has 0 bridgehead atoms. The molecule has 0 saturated heterocycles. The van der Waals surface area contributed by atoms with Crippen LogP contribution in [-0.4, -0.2) is 12.3 Å². The molecule has 0 aliphatic heterocycles. The molecule has 1 aromatic rings. The van der Waals surface area contributed by atoms with Gasteiger partial charge in [-0.05, 0) is 24.1 Å². The first-order chi connectivity index (χ1) is 6.26. The summed E-state index contributed by atoms with van der Waals surface area (Å²) in [6.45, 7) is 0. The van der Waals surface area contributed by atoms with E-state index >= 15 is 0 Å². The lowest BCUT2D eigenvalue weighted by molar-refractivity contribution is -0.109. The van der Waals surface area contributed by atoms with Gasteiger partial charge in [0.2, 0.25) is 0 Å². The van der Waals surface area contributed by atoms with Gasteiger partial charge in [0.15, 0.2) is 0 Å². The van der Waals surface area contributed by atoms with Crippen LogP contribution in [0.5, 0.6) is 0 Å². The van der Waals surface area contributed by atoms with Gasteiger partial charge in [-0.2, -0.15) is 0 Å². The predicted octanol–water partition coefficient (Wildman–Crippen LogP) is 1.32. The van der Waals surface area contributed by atoms with Gasteiger partial charge in [0, 0.05) is 28.6 Å². The van der Waals surface area contributed by atoms with Crippen molar-refractivity contribution in [3.05, 3.63) is 29.8 Å². The molecule has 0 fully saturated rings. The Hall–Kier alpha value is -0.620. The third-order valence-corrected chi connectivity index (χ3v) is 2.54. The van der Waals surface area contributed by atoms with E-state index in [9.17, 15) is 4.79 Å². The molecule has 13 heavy (non-hydrogen) atoms. The van der Waals surface area contributed by atoms with Gasteiger partial charge < -0.3 is 10.5 Å². The number of benzene rings is 1. The Labute approximate surface area is 91.2 Å². The molecule has 1 atom stereocenters. The van der Waals surface area contributed by atoms with Gasteiger partial charge in [-0.1, -0.05) is 12.1 Å². The molecule has 0 amide bonds. The van der Waals surface area contributed by atoms with Crippen LogP contribution >= 0.6 is 22.9 Å². The molecule has 0 spiro atoms. The van der Waals surface area contributed by atoms with E-state index in [1.54, 1.807) is 0 Å². The zero-order chi connectivity index (χ0) is 9.68. The van der Waals surface area contributed by atoms with Crippen molar-refractivity contribution in [2.24, 2.45) is 0 Å². The Balaban J connectivity index is 2.63. The van der Waals surface area contributed by atoms with Crippen molar-refractivity contribution in [3.63, 3.8) is 0 Å². The van der Waals surface area contributed by atoms with Gasteiger partial charge in [-0.3, -0.25) is 3.53 Å². The Morgan fingerprint density at radius 2 is 2.08 bits per heavy atom. The lowest BCUT2D eigenvalue weighted by atomic mass is 10.1. The van der Waals surface area contributed by atoms with E-state index in [1.165, 1.54) is 0 Å². The normalized spacial score (nSPS) is 12.4. The van der Waals surface area contributed by atoms with Gasteiger partial charge >= 0.3 is 0 Å². The summed E-state index contributed by atoms with van der Waals surface area (Å²) in [6.07, 6.45) is 1.61. The minimum atomic E-state index is -0.121. The topological polar surface area (TPSA) is 55.1 Å². The van der Waals surface area contributed by atoms with E-state index < -0.39 is 0 Å². The first-order valence-corrected chi connectivity index (χ1v) is 5.00. The molecule has 0 radical (unpaired) electrons. The van der Waals surface area contributed by atoms with Gasteiger partial charge in [0.05, 0.1) is 6.04 Å². The highest BCUT2D eigenvalue weighted by molar-refractivity contribution is 14.1. The molecule has 0 saturated carbocycles. The minimum absolute atomic E-state index is 0.121. The van der Waals surface area contributed by atoms with Crippen LogP contribution in [0.25, 0.3) is 0 Å². The molecule has 3 N–H and O–H groups in total. The van der Waals surface area contributed by atoms with Crippen molar-refractivity contribution in [2.75, 3.05) is 5.73 Å². The second kappa shape index (κ2) is 5.18. The zero-order valence-electron chi connectivity index (χ0n) is 7.03. The summed E-state index contributed by atoms with van der Waals surface area (Å²) in [4.78, 5) is 10.5. The van der Waals surface area contributed by atoms with E-state index in [0.717, 1.165) is 17.5 Å². The highest BCUT2D eigenvalue weighted by Crippen LogP contribution is 2.07. The average Bonchev–Trinajstić information content (AvgIpc) is 2.17. The van der Waals surface area contributed by atoms with Gasteiger partial charge in [-0.25, -0.2) is 0 Å². The molecule has 4 heteroatoms.